The third kappa shape index (κ3) is 11.8. The van der Waals surface area contributed by atoms with E-state index in [4.69, 9.17) is 22.3 Å². The molecular weight excluding hydrogens is 446 g/mol. The molecule has 0 aliphatic carbocycles. The standard InChI is InChI=1S/C21H41N7O6/c1-5-12(4)16(28-17(30)13(22)9-11(2)3)19(32)26-14(7-6-8-25-21(23)24)18(31)27-15(10-29)20(33)34/h11-16,29H,5-10,22H2,1-4H3,(H,26,32)(H,27,31)(H,28,30)(H,33,34)(H4,23,24,25). The lowest BCUT2D eigenvalue weighted by Gasteiger charge is -2.28. The highest BCUT2D eigenvalue weighted by atomic mass is 16.4. The summed E-state index contributed by atoms with van der Waals surface area (Å²) in [6.45, 7) is 6.83. The molecule has 11 N–H and O–H groups in total. The van der Waals surface area contributed by atoms with Gasteiger partial charge in [0.15, 0.2) is 5.96 Å². The van der Waals surface area contributed by atoms with Crippen LogP contribution in [-0.4, -0.2) is 77.2 Å². The summed E-state index contributed by atoms with van der Waals surface area (Å²) >= 11 is 0. The monoisotopic (exact) mass is 487 g/mol. The van der Waals surface area contributed by atoms with E-state index in [1.54, 1.807) is 6.92 Å². The van der Waals surface area contributed by atoms with Crippen molar-refractivity contribution in [1.82, 2.24) is 16.0 Å². The van der Waals surface area contributed by atoms with Crippen molar-refractivity contribution in [2.75, 3.05) is 13.2 Å². The molecule has 0 saturated heterocycles. The topological polar surface area (TPSA) is 235 Å². The second-order valence-electron chi connectivity index (χ2n) is 8.70. The minimum atomic E-state index is -1.54. The zero-order valence-electron chi connectivity index (χ0n) is 20.4. The molecule has 0 fully saturated rings. The maximum absolute atomic E-state index is 13.1. The molecule has 0 bridgehead atoms. The summed E-state index contributed by atoms with van der Waals surface area (Å²) in [7, 11) is 0. The molecule has 196 valence electrons. The molecule has 0 aliphatic rings. The molecule has 5 unspecified atom stereocenters. The largest absolute Gasteiger partial charge is 0.480 e. The van der Waals surface area contributed by atoms with E-state index >= 15 is 0 Å². The van der Waals surface area contributed by atoms with E-state index in [9.17, 15) is 24.3 Å². The number of rotatable bonds is 16. The van der Waals surface area contributed by atoms with Crippen molar-refractivity contribution < 1.29 is 29.4 Å². The molecule has 0 aromatic carbocycles. The molecule has 34 heavy (non-hydrogen) atoms. The Bertz CT molecular complexity index is 712. The SMILES string of the molecule is CCC(C)C(NC(=O)C(N)CC(C)C)C(=O)NC(CCCN=C(N)N)C(=O)NC(CO)C(=O)O. The summed E-state index contributed by atoms with van der Waals surface area (Å²) in [6, 6.07) is -4.44. The third-order valence-electron chi connectivity index (χ3n) is 5.23. The predicted molar refractivity (Wildman–Crippen MR) is 127 cm³/mol. The molecule has 0 aliphatic heterocycles. The lowest BCUT2D eigenvalue weighted by Crippen LogP contribution is -2.59. The van der Waals surface area contributed by atoms with Gasteiger partial charge >= 0.3 is 5.97 Å². The van der Waals surface area contributed by atoms with Crippen LogP contribution in [0.2, 0.25) is 0 Å². The zero-order valence-corrected chi connectivity index (χ0v) is 20.4. The Hall–Kier alpha value is -2.93. The van der Waals surface area contributed by atoms with Gasteiger partial charge in [-0.3, -0.25) is 19.4 Å². The number of amides is 3. The highest BCUT2D eigenvalue weighted by Gasteiger charge is 2.32. The van der Waals surface area contributed by atoms with Gasteiger partial charge in [0.05, 0.1) is 12.6 Å². The number of aliphatic imine (C=N–C) groups is 1. The van der Waals surface area contributed by atoms with E-state index in [0.717, 1.165) is 0 Å². The lowest BCUT2D eigenvalue weighted by atomic mass is 9.96. The number of hydrogen-bond acceptors (Lipinski definition) is 7. The number of carbonyl (C=O) groups is 4. The summed E-state index contributed by atoms with van der Waals surface area (Å²) in [5.41, 5.74) is 16.5. The first kappa shape index (κ1) is 31.1. The van der Waals surface area contributed by atoms with Crippen molar-refractivity contribution in [3.8, 4) is 0 Å². The summed E-state index contributed by atoms with van der Waals surface area (Å²) < 4.78 is 0. The Morgan fingerprint density at radius 1 is 0.941 bits per heavy atom. The summed E-state index contributed by atoms with van der Waals surface area (Å²) in [5, 5.41) is 25.7. The third-order valence-corrected chi connectivity index (χ3v) is 5.23. The van der Waals surface area contributed by atoms with Gasteiger partial charge in [-0.25, -0.2) is 4.79 Å². The number of guanidine groups is 1. The van der Waals surface area contributed by atoms with Crippen molar-refractivity contribution in [3.05, 3.63) is 0 Å². The van der Waals surface area contributed by atoms with Crippen LogP contribution in [0.4, 0.5) is 0 Å². The highest BCUT2D eigenvalue weighted by Crippen LogP contribution is 2.11. The van der Waals surface area contributed by atoms with Gasteiger partial charge in [0.25, 0.3) is 0 Å². The zero-order chi connectivity index (χ0) is 26.4. The Morgan fingerprint density at radius 2 is 1.53 bits per heavy atom. The molecule has 5 atom stereocenters. The van der Waals surface area contributed by atoms with Gasteiger partial charge in [0, 0.05) is 6.54 Å². The van der Waals surface area contributed by atoms with Crippen LogP contribution in [0.3, 0.4) is 0 Å². The Morgan fingerprint density at radius 3 is 2.00 bits per heavy atom. The minimum Gasteiger partial charge on any atom is -0.480 e. The van der Waals surface area contributed by atoms with Crippen LogP contribution in [-0.2, 0) is 19.2 Å². The Kier molecular flexibility index (Phi) is 14.5. The van der Waals surface area contributed by atoms with Crippen molar-refractivity contribution >= 4 is 29.7 Å². The molecule has 0 radical (unpaired) electrons. The van der Waals surface area contributed by atoms with Crippen LogP contribution in [0.25, 0.3) is 0 Å². The summed E-state index contributed by atoms with van der Waals surface area (Å²) in [4.78, 5) is 53.3. The predicted octanol–water partition coefficient (Wildman–Crippen LogP) is -2.01. The van der Waals surface area contributed by atoms with Crippen molar-refractivity contribution in [3.63, 3.8) is 0 Å². The molecule has 13 heteroatoms. The lowest BCUT2D eigenvalue weighted by molar-refractivity contribution is -0.143. The maximum atomic E-state index is 13.1. The molecule has 0 spiro atoms. The van der Waals surface area contributed by atoms with Crippen LogP contribution >= 0.6 is 0 Å². The quantitative estimate of drug-likeness (QED) is 0.0681. The average Bonchev–Trinajstić information content (AvgIpc) is 2.75. The smallest absolute Gasteiger partial charge is 0.328 e. The van der Waals surface area contributed by atoms with Crippen molar-refractivity contribution in [2.24, 2.45) is 34.0 Å². The normalized spacial score (nSPS) is 15.4. The number of carboxylic acid groups (broad SMARTS) is 1. The van der Waals surface area contributed by atoms with E-state index in [1.165, 1.54) is 0 Å². The number of aliphatic carboxylic acids is 1. The second kappa shape index (κ2) is 15.8. The first-order chi connectivity index (χ1) is 15.8. The van der Waals surface area contributed by atoms with Gasteiger partial charge in [-0.2, -0.15) is 0 Å². The van der Waals surface area contributed by atoms with Gasteiger partial charge in [-0.15, -0.1) is 0 Å². The van der Waals surface area contributed by atoms with Gasteiger partial charge in [-0.05, 0) is 31.1 Å². The molecule has 0 aromatic rings. The molecule has 0 saturated carbocycles. The van der Waals surface area contributed by atoms with E-state index in [0.29, 0.717) is 19.3 Å². The Labute approximate surface area is 200 Å². The van der Waals surface area contributed by atoms with Gasteiger partial charge in [-0.1, -0.05) is 34.1 Å². The Balaban J connectivity index is 5.57. The fourth-order valence-corrected chi connectivity index (χ4v) is 3.07. The number of carbonyl (C=O) groups excluding carboxylic acids is 3. The van der Waals surface area contributed by atoms with Crippen LogP contribution in [0.1, 0.15) is 53.4 Å². The number of hydrogen-bond donors (Lipinski definition) is 8. The van der Waals surface area contributed by atoms with Gasteiger partial charge in [0.1, 0.15) is 18.1 Å². The first-order valence-corrected chi connectivity index (χ1v) is 11.4. The number of nitrogens with zero attached hydrogens (tertiary/aromatic N) is 1. The average molecular weight is 488 g/mol. The number of carboxylic acids is 1. The first-order valence-electron chi connectivity index (χ1n) is 11.4. The van der Waals surface area contributed by atoms with E-state index in [1.807, 2.05) is 20.8 Å². The molecule has 3 amide bonds. The fraction of sp³-hybridized carbons (Fsp3) is 0.762. The summed E-state index contributed by atoms with van der Waals surface area (Å²) in [5.74, 6) is -3.54. The van der Waals surface area contributed by atoms with Crippen LogP contribution in [0, 0.1) is 11.8 Å². The van der Waals surface area contributed by atoms with Crippen LogP contribution in [0.5, 0.6) is 0 Å². The van der Waals surface area contributed by atoms with Crippen molar-refractivity contribution in [2.45, 2.75) is 77.5 Å². The van der Waals surface area contributed by atoms with E-state index in [2.05, 4.69) is 20.9 Å². The van der Waals surface area contributed by atoms with E-state index < -0.39 is 54.5 Å². The van der Waals surface area contributed by atoms with E-state index in [-0.39, 0.29) is 30.8 Å². The molecule has 0 rings (SSSR count). The van der Waals surface area contributed by atoms with Gasteiger partial charge < -0.3 is 43.4 Å². The summed E-state index contributed by atoms with van der Waals surface area (Å²) in [6.07, 6.45) is 1.38. The van der Waals surface area contributed by atoms with Crippen molar-refractivity contribution in [1.29, 1.82) is 0 Å². The van der Waals surface area contributed by atoms with Crippen LogP contribution < -0.4 is 33.2 Å². The number of nitrogens with two attached hydrogens (primary N) is 3. The van der Waals surface area contributed by atoms with Gasteiger partial charge in [0.2, 0.25) is 17.7 Å². The molecule has 13 nitrogen and oxygen atoms in total. The molecule has 0 heterocycles. The second-order valence-corrected chi connectivity index (χ2v) is 8.70. The molecule has 0 aromatic heterocycles. The maximum Gasteiger partial charge on any atom is 0.328 e. The minimum absolute atomic E-state index is 0.0835. The number of aliphatic hydroxyl groups excluding tert-OH is 1. The fourth-order valence-electron chi connectivity index (χ4n) is 3.07. The number of aliphatic hydroxyl groups is 1. The number of nitrogens with one attached hydrogen (secondary N) is 3. The van der Waals surface area contributed by atoms with Crippen LogP contribution in [0.15, 0.2) is 4.99 Å². The molecular formula is C21H41N7O6. The highest BCUT2D eigenvalue weighted by molar-refractivity contribution is 5.94.